The minimum absolute atomic E-state index is 0.595. The van der Waals surface area contributed by atoms with Gasteiger partial charge in [0.05, 0.1) is 0 Å². The fourth-order valence-electron chi connectivity index (χ4n) is 2.78. The van der Waals surface area contributed by atoms with E-state index in [4.69, 9.17) is 0 Å². The smallest absolute Gasteiger partial charge is 0.0323 e. The lowest BCUT2D eigenvalue weighted by molar-refractivity contribution is 0.470. The van der Waals surface area contributed by atoms with Crippen LogP contribution in [0.1, 0.15) is 48.1 Å². The maximum atomic E-state index is 3.60. The van der Waals surface area contributed by atoms with E-state index in [0.29, 0.717) is 6.04 Å². The predicted octanol–water partition coefficient (Wildman–Crippen LogP) is 3.29. The van der Waals surface area contributed by atoms with Crippen LogP contribution >= 0.6 is 0 Å². The molecule has 0 amide bonds. The fourth-order valence-corrected chi connectivity index (χ4v) is 2.78. The van der Waals surface area contributed by atoms with E-state index in [9.17, 15) is 0 Å². The summed E-state index contributed by atoms with van der Waals surface area (Å²) >= 11 is 0. The van der Waals surface area contributed by atoms with E-state index in [2.05, 4.69) is 38.2 Å². The van der Waals surface area contributed by atoms with Crippen LogP contribution in [0, 0.1) is 13.8 Å². The monoisotopic (exact) mass is 203 g/mol. The lowest BCUT2D eigenvalue weighted by atomic mass is 9.84. The summed E-state index contributed by atoms with van der Waals surface area (Å²) in [5.41, 5.74) is 6.03. The van der Waals surface area contributed by atoms with E-state index in [0.717, 1.165) is 6.54 Å². The Morgan fingerprint density at radius 3 is 2.87 bits per heavy atom. The summed E-state index contributed by atoms with van der Waals surface area (Å²) in [7, 11) is 0. The molecule has 1 N–H and O–H groups in total. The zero-order valence-electron chi connectivity index (χ0n) is 10.1. The van der Waals surface area contributed by atoms with Gasteiger partial charge in [-0.25, -0.2) is 0 Å². The highest BCUT2D eigenvalue weighted by Crippen LogP contribution is 2.32. The van der Waals surface area contributed by atoms with Crippen LogP contribution in [0.5, 0.6) is 0 Å². The van der Waals surface area contributed by atoms with Crippen molar-refractivity contribution in [2.75, 3.05) is 6.54 Å². The van der Waals surface area contributed by atoms with Gasteiger partial charge >= 0.3 is 0 Å². The summed E-state index contributed by atoms with van der Waals surface area (Å²) in [6, 6.07) is 5.28. The summed E-state index contributed by atoms with van der Waals surface area (Å²) in [6.45, 7) is 7.71. The number of hydrogen-bond donors (Lipinski definition) is 1. The van der Waals surface area contributed by atoms with Crippen molar-refractivity contribution in [3.8, 4) is 0 Å². The van der Waals surface area contributed by atoms with Gasteiger partial charge in [-0.3, -0.25) is 0 Å². The zero-order valence-corrected chi connectivity index (χ0v) is 10.1. The Bertz CT molecular complexity index is 355. The molecule has 0 spiro atoms. The molecule has 1 aromatic rings. The quantitative estimate of drug-likeness (QED) is 0.777. The number of aryl methyl sites for hydroxylation is 2. The maximum Gasteiger partial charge on any atom is 0.0323 e. The number of rotatable bonds is 2. The van der Waals surface area contributed by atoms with Gasteiger partial charge in [-0.15, -0.1) is 0 Å². The Balaban J connectivity index is 2.41. The molecule has 1 aliphatic rings. The SMILES string of the molecule is CCNC1CCCc2c(C)cc(C)cc21. The van der Waals surface area contributed by atoms with Crippen LogP contribution in [0.25, 0.3) is 0 Å². The third kappa shape index (κ3) is 2.07. The molecule has 1 aromatic carbocycles. The Morgan fingerprint density at radius 1 is 1.33 bits per heavy atom. The van der Waals surface area contributed by atoms with Gasteiger partial charge < -0.3 is 5.32 Å². The summed E-state index contributed by atoms with van der Waals surface area (Å²) in [5.74, 6) is 0. The molecule has 1 aliphatic carbocycles. The van der Waals surface area contributed by atoms with E-state index in [1.807, 2.05) is 0 Å². The molecule has 0 radical (unpaired) electrons. The van der Waals surface area contributed by atoms with Crippen LogP contribution in [0.15, 0.2) is 12.1 Å². The van der Waals surface area contributed by atoms with Crippen molar-refractivity contribution in [3.63, 3.8) is 0 Å². The van der Waals surface area contributed by atoms with Gasteiger partial charge in [0.2, 0.25) is 0 Å². The van der Waals surface area contributed by atoms with Crippen LogP contribution in [0.2, 0.25) is 0 Å². The Kier molecular flexibility index (Phi) is 3.11. The number of nitrogens with one attached hydrogen (secondary N) is 1. The molecule has 1 heteroatoms. The van der Waals surface area contributed by atoms with Crippen molar-refractivity contribution >= 4 is 0 Å². The Hall–Kier alpha value is -0.820. The van der Waals surface area contributed by atoms with Crippen LogP contribution in [-0.2, 0) is 6.42 Å². The molecule has 1 nitrogen and oxygen atoms in total. The lowest BCUT2D eigenvalue weighted by Crippen LogP contribution is -2.25. The molecule has 1 unspecified atom stereocenters. The highest BCUT2D eigenvalue weighted by Gasteiger charge is 2.20. The summed E-state index contributed by atoms with van der Waals surface area (Å²) in [4.78, 5) is 0. The van der Waals surface area contributed by atoms with Crippen molar-refractivity contribution < 1.29 is 0 Å². The second-order valence-electron chi connectivity index (χ2n) is 4.65. The van der Waals surface area contributed by atoms with Crippen LogP contribution in [0.4, 0.5) is 0 Å². The summed E-state index contributed by atoms with van der Waals surface area (Å²) < 4.78 is 0. The normalized spacial score (nSPS) is 20.1. The van der Waals surface area contributed by atoms with E-state index in [-0.39, 0.29) is 0 Å². The summed E-state index contributed by atoms with van der Waals surface area (Å²) in [5, 5.41) is 3.60. The van der Waals surface area contributed by atoms with Crippen molar-refractivity contribution in [2.24, 2.45) is 0 Å². The number of hydrogen-bond acceptors (Lipinski definition) is 1. The molecule has 82 valence electrons. The fraction of sp³-hybridized carbons (Fsp3) is 0.571. The number of fused-ring (bicyclic) bond motifs is 1. The standard InChI is InChI=1S/C14H21N/c1-4-15-14-7-5-6-12-11(3)8-10(2)9-13(12)14/h8-9,14-15H,4-7H2,1-3H3. The van der Waals surface area contributed by atoms with E-state index in [1.54, 1.807) is 11.1 Å². The average molecular weight is 203 g/mol. The molecular formula is C14H21N. The average Bonchev–Trinajstić information content (AvgIpc) is 2.19. The molecule has 0 fully saturated rings. The molecular weight excluding hydrogens is 182 g/mol. The first kappa shape index (κ1) is 10.7. The highest BCUT2D eigenvalue weighted by atomic mass is 14.9. The van der Waals surface area contributed by atoms with Gasteiger partial charge in [0, 0.05) is 6.04 Å². The largest absolute Gasteiger partial charge is 0.310 e. The molecule has 0 aromatic heterocycles. The Labute approximate surface area is 92.9 Å². The van der Waals surface area contributed by atoms with Crippen molar-refractivity contribution in [1.82, 2.24) is 5.32 Å². The van der Waals surface area contributed by atoms with E-state index in [1.165, 1.54) is 30.4 Å². The van der Waals surface area contributed by atoms with E-state index >= 15 is 0 Å². The molecule has 0 bridgehead atoms. The first-order chi connectivity index (χ1) is 7.22. The van der Waals surface area contributed by atoms with Gasteiger partial charge in [-0.05, 0) is 56.3 Å². The Morgan fingerprint density at radius 2 is 2.13 bits per heavy atom. The van der Waals surface area contributed by atoms with Crippen molar-refractivity contribution in [3.05, 3.63) is 34.4 Å². The van der Waals surface area contributed by atoms with Gasteiger partial charge in [-0.1, -0.05) is 24.6 Å². The minimum atomic E-state index is 0.595. The van der Waals surface area contributed by atoms with Crippen LogP contribution in [-0.4, -0.2) is 6.54 Å². The minimum Gasteiger partial charge on any atom is -0.310 e. The van der Waals surface area contributed by atoms with Crippen molar-refractivity contribution in [2.45, 2.75) is 46.1 Å². The lowest BCUT2D eigenvalue weighted by Gasteiger charge is -2.28. The van der Waals surface area contributed by atoms with E-state index < -0.39 is 0 Å². The zero-order chi connectivity index (χ0) is 10.8. The summed E-state index contributed by atoms with van der Waals surface area (Å²) in [6.07, 6.45) is 3.89. The van der Waals surface area contributed by atoms with Gasteiger partial charge in [0.15, 0.2) is 0 Å². The number of benzene rings is 1. The predicted molar refractivity (Wildman–Crippen MR) is 65.3 cm³/mol. The van der Waals surface area contributed by atoms with Gasteiger partial charge in [-0.2, -0.15) is 0 Å². The van der Waals surface area contributed by atoms with Crippen molar-refractivity contribution in [1.29, 1.82) is 0 Å². The second kappa shape index (κ2) is 4.36. The van der Waals surface area contributed by atoms with Crippen LogP contribution in [0.3, 0.4) is 0 Å². The van der Waals surface area contributed by atoms with Gasteiger partial charge in [0.25, 0.3) is 0 Å². The third-order valence-corrected chi connectivity index (χ3v) is 3.40. The molecule has 0 saturated heterocycles. The second-order valence-corrected chi connectivity index (χ2v) is 4.65. The molecule has 0 aliphatic heterocycles. The molecule has 15 heavy (non-hydrogen) atoms. The first-order valence-electron chi connectivity index (χ1n) is 6.05. The maximum absolute atomic E-state index is 3.60. The highest BCUT2D eigenvalue weighted by molar-refractivity contribution is 5.41. The molecule has 0 saturated carbocycles. The third-order valence-electron chi connectivity index (χ3n) is 3.40. The first-order valence-corrected chi connectivity index (χ1v) is 6.05. The molecule has 0 heterocycles. The van der Waals surface area contributed by atoms with Crippen LogP contribution < -0.4 is 5.32 Å². The topological polar surface area (TPSA) is 12.0 Å². The van der Waals surface area contributed by atoms with Gasteiger partial charge in [0.1, 0.15) is 0 Å². The molecule has 1 atom stereocenters. The molecule has 2 rings (SSSR count).